The number of aryl methyl sites for hydroxylation is 1. The molecule has 0 saturated heterocycles. The van der Waals surface area contributed by atoms with E-state index >= 15 is 0 Å². The van der Waals surface area contributed by atoms with E-state index in [-0.39, 0.29) is 50.4 Å². The Balaban J connectivity index is 0.809. The molecule has 0 aliphatic rings. The molecule has 0 radical (unpaired) electrons. The van der Waals surface area contributed by atoms with Gasteiger partial charge >= 0.3 is 0 Å². The number of carbonyl (C=O) groups is 3. The van der Waals surface area contributed by atoms with Crippen LogP contribution < -0.4 is 10.6 Å². The fraction of sp³-hybridized carbons (Fsp3) is 0.0577. The Morgan fingerprint density at radius 1 is 0.536 bits per heavy atom. The van der Waals surface area contributed by atoms with Gasteiger partial charge in [0.25, 0.3) is 32.1 Å². The molecule has 0 aliphatic carbocycles. The topological polar surface area (TPSA) is 241 Å². The fourth-order valence-electron chi connectivity index (χ4n) is 8.58. The van der Waals surface area contributed by atoms with E-state index in [9.17, 15) is 40.3 Å². The van der Waals surface area contributed by atoms with E-state index in [0.717, 1.165) is 22.3 Å². The minimum absolute atomic E-state index is 0.0183. The number of aromatic amines is 2. The van der Waals surface area contributed by atoms with E-state index in [0.29, 0.717) is 61.3 Å². The van der Waals surface area contributed by atoms with Crippen molar-refractivity contribution in [3.63, 3.8) is 0 Å². The number of rotatable bonds is 12. The maximum Gasteiger partial charge on any atom is 0.295 e. The first-order valence-electron chi connectivity index (χ1n) is 21.4. The van der Waals surface area contributed by atoms with Crippen molar-refractivity contribution in [1.29, 1.82) is 0 Å². The van der Waals surface area contributed by atoms with Gasteiger partial charge in [0.15, 0.2) is 0 Å². The number of aromatic nitrogens is 4. The smallest absolute Gasteiger partial charge is 0.295 e. The zero-order valence-corrected chi connectivity index (χ0v) is 37.9. The average molecular weight is 955 g/mol. The van der Waals surface area contributed by atoms with Gasteiger partial charge in [-0.05, 0) is 102 Å². The molecule has 15 nitrogen and oxygen atoms in total. The molecule has 2 heterocycles. The first kappa shape index (κ1) is 44.5. The predicted octanol–water partition coefficient (Wildman–Crippen LogP) is 9.74. The van der Waals surface area contributed by atoms with Crippen LogP contribution in [-0.4, -0.2) is 63.5 Å². The van der Waals surface area contributed by atoms with Crippen molar-refractivity contribution in [3.8, 4) is 22.8 Å². The number of hydrogen-bond donors (Lipinski definition) is 6. The number of hydrogen-bond acceptors (Lipinski definition) is 9. The summed E-state index contributed by atoms with van der Waals surface area (Å²) in [5, 5.41) is 7.10. The lowest BCUT2D eigenvalue weighted by Crippen LogP contribution is -2.13. The number of nitrogens with one attached hydrogen (secondary N) is 4. The number of nitrogens with zero attached hydrogens (tertiary/aromatic N) is 2. The highest BCUT2D eigenvalue weighted by molar-refractivity contribution is 7.86. The molecule has 10 rings (SSSR count). The van der Waals surface area contributed by atoms with Crippen molar-refractivity contribution in [2.45, 2.75) is 29.6 Å². The molecule has 0 saturated carbocycles. The number of benzene rings is 8. The van der Waals surface area contributed by atoms with E-state index in [1.165, 1.54) is 18.2 Å². The molecule has 0 fully saturated rings. The Kier molecular flexibility index (Phi) is 11.2. The number of H-pyrrole nitrogens is 2. The molecule has 10 aromatic rings. The first-order valence-corrected chi connectivity index (χ1v) is 24.2. The minimum atomic E-state index is -4.59. The maximum absolute atomic E-state index is 13.5. The van der Waals surface area contributed by atoms with Crippen LogP contribution in [0.15, 0.2) is 161 Å². The summed E-state index contributed by atoms with van der Waals surface area (Å²) in [4.78, 5) is 55.9. The highest BCUT2D eigenvalue weighted by Gasteiger charge is 2.21. The molecule has 342 valence electrons. The molecule has 8 aromatic carbocycles. The van der Waals surface area contributed by atoms with Crippen molar-refractivity contribution in [2.75, 3.05) is 10.6 Å². The lowest BCUT2D eigenvalue weighted by atomic mass is 10.00. The Labute approximate surface area is 393 Å². The SMILES string of the molecule is Cc1cc(S(=O)(=O)O)c2c(NC(=O)c3ccc4nc(-c5cccc(CC(=O)Cc6cccc(-c7nc8ccc(C(=O)Nc9ccc(S(=O)(=O)O)c%10ccccc9%10)cc8[nH]7)c6)c5)[nH]c4c3)cccc2c1. The van der Waals surface area contributed by atoms with Gasteiger partial charge < -0.3 is 20.6 Å². The van der Waals surface area contributed by atoms with Crippen LogP contribution in [0.5, 0.6) is 0 Å². The average Bonchev–Trinajstić information content (AvgIpc) is 3.95. The molecule has 2 amide bonds. The number of amides is 2. The van der Waals surface area contributed by atoms with Crippen LogP contribution in [0.3, 0.4) is 0 Å². The van der Waals surface area contributed by atoms with Crippen LogP contribution in [0, 0.1) is 6.92 Å². The van der Waals surface area contributed by atoms with Gasteiger partial charge in [-0.1, -0.05) is 78.9 Å². The molecule has 17 heteroatoms. The summed E-state index contributed by atoms with van der Waals surface area (Å²) < 4.78 is 68.2. The lowest BCUT2D eigenvalue weighted by molar-refractivity contribution is -0.117. The van der Waals surface area contributed by atoms with Crippen LogP contribution >= 0.6 is 0 Å². The monoisotopic (exact) mass is 954 g/mol. The summed E-state index contributed by atoms with van der Waals surface area (Å²) in [6.45, 7) is 1.72. The van der Waals surface area contributed by atoms with E-state index in [1.54, 1.807) is 91.9 Å². The van der Waals surface area contributed by atoms with Crippen LogP contribution in [0.4, 0.5) is 11.4 Å². The Morgan fingerprint density at radius 2 is 1.07 bits per heavy atom. The standard InChI is InChI=1S/C52H38N6O9S2/c1-29-21-32-9-6-14-43(48(32)47(22-29)69(65,66)67)58-52(61)36-16-18-42-45(28-36)56-50(54-42)34-11-5-8-31(24-34)26-37(59)25-30-7-4-10-33(23-30)49-53-41-17-15-35(27-44(41)55-49)51(60)57-40-19-20-46(68(62,63)64)39-13-3-2-12-38(39)40/h2-24,27-28H,25-26H2,1H3,(H,53,55)(H,54,56)(H,57,60)(H,58,61)(H,62,63,64)(H,65,66,67). The second-order valence-corrected chi connectivity index (χ2v) is 19.4. The second kappa shape index (κ2) is 17.4. The van der Waals surface area contributed by atoms with Gasteiger partial charge in [0.2, 0.25) is 0 Å². The molecular formula is C52H38N6O9S2. The summed E-state index contributed by atoms with van der Waals surface area (Å²) in [7, 11) is -9.08. The van der Waals surface area contributed by atoms with Crippen molar-refractivity contribution >= 4 is 92.8 Å². The third-order valence-corrected chi connectivity index (χ3v) is 13.5. The highest BCUT2D eigenvalue weighted by atomic mass is 32.2. The third kappa shape index (κ3) is 9.09. The predicted molar refractivity (Wildman–Crippen MR) is 264 cm³/mol. The van der Waals surface area contributed by atoms with Crippen molar-refractivity contribution in [2.24, 2.45) is 0 Å². The van der Waals surface area contributed by atoms with Gasteiger partial charge in [0, 0.05) is 56.9 Å². The molecule has 0 atom stereocenters. The number of fused-ring (bicyclic) bond motifs is 4. The summed E-state index contributed by atoms with van der Waals surface area (Å²) in [6, 6.07) is 42.3. The van der Waals surface area contributed by atoms with Crippen LogP contribution in [-0.2, 0) is 37.9 Å². The van der Waals surface area contributed by atoms with Crippen molar-refractivity contribution in [1.82, 2.24) is 19.9 Å². The molecular weight excluding hydrogens is 917 g/mol. The summed E-state index contributed by atoms with van der Waals surface area (Å²) >= 11 is 0. The molecule has 6 N–H and O–H groups in total. The fourth-order valence-corrected chi connectivity index (χ4v) is 10.1. The Hall–Kier alpha value is -8.35. The largest absolute Gasteiger partial charge is 0.338 e. The van der Waals surface area contributed by atoms with Crippen LogP contribution in [0.25, 0.3) is 66.4 Å². The molecule has 69 heavy (non-hydrogen) atoms. The molecule has 0 spiro atoms. The Bertz CT molecular complexity index is 4010. The van der Waals surface area contributed by atoms with Gasteiger partial charge in [0.1, 0.15) is 27.2 Å². The molecule has 0 bridgehead atoms. The Morgan fingerprint density at radius 3 is 1.64 bits per heavy atom. The van der Waals surface area contributed by atoms with E-state index < -0.39 is 32.1 Å². The zero-order chi connectivity index (χ0) is 48.2. The van der Waals surface area contributed by atoms with Gasteiger partial charge in [-0.2, -0.15) is 16.8 Å². The van der Waals surface area contributed by atoms with Crippen molar-refractivity contribution in [3.05, 3.63) is 179 Å². The van der Waals surface area contributed by atoms with Gasteiger partial charge in [0.05, 0.1) is 27.8 Å². The number of imidazole rings is 2. The van der Waals surface area contributed by atoms with Crippen LogP contribution in [0.1, 0.15) is 37.4 Å². The lowest BCUT2D eigenvalue weighted by Gasteiger charge is -2.12. The summed E-state index contributed by atoms with van der Waals surface area (Å²) in [5.41, 5.74) is 7.30. The maximum atomic E-state index is 13.5. The number of Topliss-reactive ketones (excluding diaryl/α,β-unsaturated/α-hetero) is 1. The molecule has 2 aromatic heterocycles. The first-order chi connectivity index (χ1) is 33.0. The van der Waals surface area contributed by atoms with Gasteiger partial charge in [-0.3, -0.25) is 23.5 Å². The molecule has 0 aliphatic heterocycles. The van der Waals surface area contributed by atoms with E-state index in [1.807, 2.05) is 48.5 Å². The van der Waals surface area contributed by atoms with Gasteiger partial charge in [-0.25, -0.2) is 9.97 Å². The van der Waals surface area contributed by atoms with E-state index in [4.69, 9.17) is 9.97 Å². The third-order valence-electron chi connectivity index (χ3n) is 11.7. The minimum Gasteiger partial charge on any atom is -0.338 e. The van der Waals surface area contributed by atoms with Crippen molar-refractivity contribution < 1.29 is 40.3 Å². The number of anilines is 2. The second-order valence-electron chi connectivity index (χ2n) is 16.6. The molecule has 0 unspecified atom stereocenters. The number of ketones is 1. The summed E-state index contributed by atoms with van der Waals surface area (Å²) in [6.07, 6.45) is 0.319. The zero-order valence-electron chi connectivity index (χ0n) is 36.3. The van der Waals surface area contributed by atoms with E-state index in [2.05, 4.69) is 20.6 Å². The van der Waals surface area contributed by atoms with Crippen LogP contribution in [0.2, 0.25) is 0 Å². The number of carbonyl (C=O) groups excluding carboxylic acids is 3. The quantitative estimate of drug-likeness (QED) is 0.0630. The summed E-state index contributed by atoms with van der Waals surface area (Å²) in [5.74, 6) is 0.131. The highest BCUT2D eigenvalue weighted by Crippen LogP contribution is 2.33. The normalized spacial score (nSPS) is 11.9. The van der Waals surface area contributed by atoms with Gasteiger partial charge in [-0.15, -0.1) is 0 Å².